The molecule has 1 fully saturated rings. The van der Waals surface area contributed by atoms with E-state index in [4.69, 9.17) is 5.26 Å². The van der Waals surface area contributed by atoms with E-state index < -0.39 is 0 Å². The van der Waals surface area contributed by atoms with Crippen LogP contribution < -0.4 is 0 Å². The molecule has 0 spiro atoms. The first kappa shape index (κ1) is 6.61. The summed E-state index contributed by atoms with van der Waals surface area (Å²) in [7, 11) is 0. The Kier molecular flexibility index (Phi) is 1.75. The van der Waals surface area contributed by atoms with E-state index in [1.165, 1.54) is 6.42 Å². The Balaban J connectivity index is 2.50. The molecule has 9 heavy (non-hydrogen) atoms. The molecule has 0 bridgehead atoms. The normalized spacial score (nSPS) is 42.6. The summed E-state index contributed by atoms with van der Waals surface area (Å²) in [6.07, 6.45) is 2.37. The van der Waals surface area contributed by atoms with Crippen molar-refractivity contribution in [2.45, 2.75) is 26.7 Å². The maximum Gasteiger partial charge on any atom is 0.0658 e. The molecule has 1 heteroatoms. The fraction of sp³-hybridized carbons (Fsp3) is 0.875. The average molecular weight is 123 g/mol. The zero-order valence-electron chi connectivity index (χ0n) is 6.09. The van der Waals surface area contributed by atoms with Gasteiger partial charge in [-0.25, -0.2) is 0 Å². The second kappa shape index (κ2) is 2.39. The lowest BCUT2D eigenvalue weighted by molar-refractivity contribution is 0.511. The molecular formula is C8H13N. The van der Waals surface area contributed by atoms with Gasteiger partial charge in [-0.3, -0.25) is 0 Å². The van der Waals surface area contributed by atoms with Crippen LogP contribution >= 0.6 is 0 Å². The number of hydrogen-bond donors (Lipinski definition) is 0. The van der Waals surface area contributed by atoms with Crippen LogP contribution in [0.5, 0.6) is 0 Å². The zero-order chi connectivity index (χ0) is 6.85. The molecule has 0 radical (unpaired) electrons. The van der Waals surface area contributed by atoms with E-state index in [1.54, 1.807) is 0 Å². The van der Waals surface area contributed by atoms with Crippen LogP contribution in [0, 0.1) is 29.1 Å². The van der Waals surface area contributed by atoms with Crippen molar-refractivity contribution in [3.8, 4) is 6.07 Å². The summed E-state index contributed by atoms with van der Waals surface area (Å²) in [6.45, 7) is 4.41. The van der Waals surface area contributed by atoms with Crippen LogP contribution in [0.25, 0.3) is 0 Å². The van der Waals surface area contributed by atoms with Crippen molar-refractivity contribution in [2.75, 3.05) is 0 Å². The van der Waals surface area contributed by atoms with Gasteiger partial charge >= 0.3 is 0 Å². The van der Waals surface area contributed by atoms with E-state index in [0.717, 1.165) is 12.3 Å². The molecule has 0 aromatic rings. The van der Waals surface area contributed by atoms with E-state index in [2.05, 4.69) is 19.9 Å². The van der Waals surface area contributed by atoms with Crippen molar-refractivity contribution >= 4 is 0 Å². The molecule has 0 aliphatic heterocycles. The fourth-order valence-corrected chi connectivity index (χ4v) is 1.74. The van der Waals surface area contributed by atoms with Crippen molar-refractivity contribution in [1.82, 2.24) is 0 Å². The summed E-state index contributed by atoms with van der Waals surface area (Å²) in [5.74, 6) is 1.77. The molecule has 1 aliphatic rings. The number of nitriles is 1. The topological polar surface area (TPSA) is 23.8 Å². The minimum atomic E-state index is 0.347. The van der Waals surface area contributed by atoms with Gasteiger partial charge in [-0.05, 0) is 24.7 Å². The summed E-state index contributed by atoms with van der Waals surface area (Å²) in [6, 6.07) is 2.34. The third kappa shape index (κ3) is 1.24. The van der Waals surface area contributed by atoms with Crippen LogP contribution in [-0.2, 0) is 0 Å². The molecule has 0 N–H and O–H groups in total. The van der Waals surface area contributed by atoms with Gasteiger partial charge in [-0.1, -0.05) is 13.8 Å². The van der Waals surface area contributed by atoms with Crippen LogP contribution in [0.1, 0.15) is 26.7 Å². The monoisotopic (exact) mass is 123 g/mol. The molecule has 0 aromatic heterocycles. The van der Waals surface area contributed by atoms with Crippen molar-refractivity contribution in [3.63, 3.8) is 0 Å². The van der Waals surface area contributed by atoms with E-state index in [9.17, 15) is 0 Å². The number of hydrogen-bond acceptors (Lipinski definition) is 1. The molecule has 50 valence electrons. The van der Waals surface area contributed by atoms with E-state index in [0.29, 0.717) is 11.8 Å². The second-order valence-corrected chi connectivity index (χ2v) is 3.29. The maximum absolute atomic E-state index is 8.60. The van der Waals surface area contributed by atoms with Crippen molar-refractivity contribution in [2.24, 2.45) is 17.8 Å². The van der Waals surface area contributed by atoms with Gasteiger partial charge in [0.25, 0.3) is 0 Å². The van der Waals surface area contributed by atoms with Crippen molar-refractivity contribution in [3.05, 3.63) is 0 Å². The Bertz CT molecular complexity index is 134. The molecule has 0 heterocycles. The molecule has 1 nitrogen and oxygen atoms in total. The predicted molar refractivity (Wildman–Crippen MR) is 36.7 cm³/mol. The largest absolute Gasteiger partial charge is 0.198 e. The molecule has 0 aromatic carbocycles. The number of nitrogens with zero attached hydrogens (tertiary/aromatic N) is 1. The first-order valence-electron chi connectivity index (χ1n) is 3.63. The Hall–Kier alpha value is -0.510. The molecule has 3 unspecified atom stereocenters. The van der Waals surface area contributed by atoms with Crippen LogP contribution in [-0.4, -0.2) is 0 Å². The Morgan fingerprint density at radius 2 is 2.00 bits per heavy atom. The first-order valence-corrected chi connectivity index (χ1v) is 3.63. The smallest absolute Gasteiger partial charge is 0.0658 e. The maximum atomic E-state index is 8.60. The molecular weight excluding hydrogens is 110 g/mol. The highest BCUT2D eigenvalue weighted by molar-refractivity contribution is 4.92. The van der Waals surface area contributed by atoms with Gasteiger partial charge in [0.1, 0.15) is 0 Å². The van der Waals surface area contributed by atoms with Gasteiger partial charge in [0.05, 0.1) is 6.07 Å². The Morgan fingerprint density at radius 1 is 1.33 bits per heavy atom. The lowest BCUT2D eigenvalue weighted by Gasteiger charge is -2.02. The summed E-state index contributed by atoms with van der Waals surface area (Å²) in [5.41, 5.74) is 0. The van der Waals surface area contributed by atoms with Crippen molar-refractivity contribution < 1.29 is 0 Å². The quantitative estimate of drug-likeness (QED) is 0.484. The summed E-state index contributed by atoms with van der Waals surface area (Å²) >= 11 is 0. The van der Waals surface area contributed by atoms with Crippen LogP contribution in [0.15, 0.2) is 0 Å². The van der Waals surface area contributed by atoms with Crippen molar-refractivity contribution in [1.29, 1.82) is 5.26 Å². The van der Waals surface area contributed by atoms with Gasteiger partial charge in [0.2, 0.25) is 0 Å². The third-order valence-corrected chi connectivity index (χ3v) is 2.28. The fourth-order valence-electron chi connectivity index (χ4n) is 1.74. The van der Waals surface area contributed by atoms with Gasteiger partial charge < -0.3 is 0 Å². The second-order valence-electron chi connectivity index (χ2n) is 3.29. The molecule has 3 atom stereocenters. The predicted octanol–water partition coefficient (Wildman–Crippen LogP) is 2.19. The highest BCUT2D eigenvalue weighted by Gasteiger charge is 2.27. The molecule has 0 amide bonds. The summed E-state index contributed by atoms with van der Waals surface area (Å²) in [5, 5.41) is 8.60. The minimum absolute atomic E-state index is 0.347. The third-order valence-electron chi connectivity index (χ3n) is 2.28. The van der Waals surface area contributed by atoms with Gasteiger partial charge in [0.15, 0.2) is 0 Å². The average Bonchev–Trinajstić information content (AvgIpc) is 2.10. The molecule has 0 saturated heterocycles. The molecule has 1 aliphatic carbocycles. The lowest BCUT2D eigenvalue weighted by atomic mass is 10.0. The van der Waals surface area contributed by atoms with Crippen LogP contribution in [0.3, 0.4) is 0 Å². The summed E-state index contributed by atoms with van der Waals surface area (Å²) in [4.78, 5) is 0. The highest BCUT2D eigenvalue weighted by Crippen LogP contribution is 2.34. The molecule has 1 saturated carbocycles. The SMILES string of the molecule is CC1CC(C)C(C#N)C1. The van der Waals surface area contributed by atoms with Crippen LogP contribution in [0.4, 0.5) is 0 Å². The molecule has 1 rings (SSSR count). The lowest BCUT2D eigenvalue weighted by Crippen LogP contribution is -1.98. The zero-order valence-corrected chi connectivity index (χ0v) is 6.09. The highest BCUT2D eigenvalue weighted by atomic mass is 14.4. The Morgan fingerprint density at radius 3 is 2.22 bits per heavy atom. The summed E-state index contributed by atoms with van der Waals surface area (Å²) < 4.78 is 0. The van der Waals surface area contributed by atoms with Gasteiger partial charge in [-0.15, -0.1) is 0 Å². The van der Waals surface area contributed by atoms with E-state index >= 15 is 0 Å². The number of rotatable bonds is 0. The van der Waals surface area contributed by atoms with E-state index in [1.807, 2.05) is 0 Å². The van der Waals surface area contributed by atoms with Gasteiger partial charge in [0, 0.05) is 5.92 Å². The standard InChI is InChI=1S/C8H13N/c1-6-3-7(2)8(4-6)5-9/h6-8H,3-4H2,1-2H3. The van der Waals surface area contributed by atoms with Crippen LogP contribution in [0.2, 0.25) is 0 Å². The van der Waals surface area contributed by atoms with Gasteiger partial charge in [-0.2, -0.15) is 5.26 Å². The Labute approximate surface area is 56.7 Å². The first-order chi connectivity index (χ1) is 4.24. The minimum Gasteiger partial charge on any atom is -0.198 e. The van der Waals surface area contributed by atoms with E-state index in [-0.39, 0.29) is 0 Å².